The molecule has 0 unspecified atom stereocenters. The van der Waals surface area contributed by atoms with E-state index in [9.17, 15) is 9.18 Å². The average Bonchev–Trinajstić information content (AvgIpc) is 3.39. The Kier molecular flexibility index (Phi) is 5.28. The molecule has 0 bridgehead atoms. The summed E-state index contributed by atoms with van der Waals surface area (Å²) in [5.74, 6) is -0.245. The number of hydrogen-bond acceptors (Lipinski definition) is 2. The summed E-state index contributed by atoms with van der Waals surface area (Å²) < 4.78 is 13.2. The van der Waals surface area contributed by atoms with Crippen LogP contribution in [0, 0.1) is 5.82 Å². The van der Waals surface area contributed by atoms with E-state index in [0.29, 0.717) is 6.54 Å². The van der Waals surface area contributed by atoms with Gasteiger partial charge in [-0.05, 0) is 61.1 Å². The summed E-state index contributed by atoms with van der Waals surface area (Å²) in [4.78, 5) is 16.9. The molecule has 0 aliphatic carbocycles. The van der Waals surface area contributed by atoms with Crippen molar-refractivity contribution in [2.45, 2.75) is 38.3 Å². The van der Waals surface area contributed by atoms with E-state index < -0.39 is 0 Å². The number of benzene rings is 2. The Hall–Kier alpha value is -2.56. The van der Waals surface area contributed by atoms with Gasteiger partial charge in [-0.3, -0.25) is 0 Å². The van der Waals surface area contributed by atoms with E-state index in [1.165, 1.54) is 30.7 Å². The van der Waals surface area contributed by atoms with E-state index in [2.05, 4.69) is 34.5 Å². The zero-order valence-electron chi connectivity index (χ0n) is 15.5. The Labute approximate surface area is 160 Å². The molecule has 2 heterocycles. The van der Waals surface area contributed by atoms with Crippen molar-refractivity contribution in [1.82, 2.24) is 10.2 Å². The first-order chi connectivity index (χ1) is 13.2. The van der Waals surface area contributed by atoms with Gasteiger partial charge < -0.3 is 15.1 Å². The molecule has 5 heteroatoms. The third-order valence-corrected chi connectivity index (χ3v) is 5.62. The second-order valence-electron chi connectivity index (χ2n) is 7.42. The van der Waals surface area contributed by atoms with E-state index >= 15 is 0 Å². The van der Waals surface area contributed by atoms with Crippen LogP contribution >= 0.6 is 0 Å². The van der Waals surface area contributed by atoms with Gasteiger partial charge in [-0.25, -0.2) is 9.18 Å². The standard InChI is InChI=1S/C22H26FN3O/c23-19-9-7-18(8-10-19)21-4-3-15-26(21)22(27)24-16-17-5-11-20(12-6-17)25-13-1-2-14-25/h5-12,21H,1-4,13-16H2,(H,24,27)/t21-/m0/s1. The number of hydrogen-bond donors (Lipinski definition) is 1. The Morgan fingerprint density at radius 2 is 1.67 bits per heavy atom. The van der Waals surface area contributed by atoms with Gasteiger partial charge in [0.25, 0.3) is 0 Å². The smallest absolute Gasteiger partial charge is 0.318 e. The van der Waals surface area contributed by atoms with Crippen LogP contribution in [0.2, 0.25) is 0 Å². The molecule has 0 radical (unpaired) electrons. The van der Waals surface area contributed by atoms with Crippen molar-refractivity contribution in [3.63, 3.8) is 0 Å². The molecule has 0 saturated carbocycles. The van der Waals surface area contributed by atoms with Crippen molar-refractivity contribution in [1.29, 1.82) is 0 Å². The predicted molar refractivity (Wildman–Crippen MR) is 105 cm³/mol. The first kappa shape index (κ1) is 17.8. The predicted octanol–water partition coefficient (Wildman–Crippen LogP) is 4.47. The Bertz CT molecular complexity index is 769. The number of rotatable bonds is 4. The van der Waals surface area contributed by atoms with Crippen LogP contribution in [0.1, 0.15) is 42.9 Å². The van der Waals surface area contributed by atoms with Crippen molar-refractivity contribution in [3.8, 4) is 0 Å². The van der Waals surface area contributed by atoms with E-state index in [4.69, 9.17) is 0 Å². The summed E-state index contributed by atoms with van der Waals surface area (Å²) in [7, 11) is 0. The van der Waals surface area contributed by atoms with Crippen LogP contribution in [0.4, 0.5) is 14.9 Å². The van der Waals surface area contributed by atoms with Gasteiger partial charge in [0.15, 0.2) is 0 Å². The minimum atomic E-state index is -0.245. The topological polar surface area (TPSA) is 35.6 Å². The number of likely N-dealkylation sites (tertiary alicyclic amines) is 1. The molecule has 1 N–H and O–H groups in total. The number of amides is 2. The lowest BCUT2D eigenvalue weighted by Crippen LogP contribution is -2.39. The highest BCUT2D eigenvalue weighted by Gasteiger charge is 2.29. The molecule has 27 heavy (non-hydrogen) atoms. The van der Waals surface area contributed by atoms with Crippen molar-refractivity contribution in [2.24, 2.45) is 0 Å². The van der Waals surface area contributed by atoms with Gasteiger partial charge in [0.1, 0.15) is 5.82 Å². The fourth-order valence-electron chi connectivity index (χ4n) is 4.12. The minimum Gasteiger partial charge on any atom is -0.372 e. The Morgan fingerprint density at radius 3 is 2.37 bits per heavy atom. The first-order valence-electron chi connectivity index (χ1n) is 9.84. The molecule has 2 aromatic carbocycles. The molecule has 2 amide bonds. The maximum absolute atomic E-state index is 13.2. The van der Waals surface area contributed by atoms with E-state index in [1.54, 1.807) is 12.1 Å². The molecular formula is C22H26FN3O. The summed E-state index contributed by atoms with van der Waals surface area (Å²) in [5.41, 5.74) is 3.36. The fourth-order valence-corrected chi connectivity index (χ4v) is 4.12. The van der Waals surface area contributed by atoms with Crippen molar-refractivity contribution < 1.29 is 9.18 Å². The first-order valence-corrected chi connectivity index (χ1v) is 9.84. The van der Waals surface area contributed by atoms with Gasteiger partial charge in [-0.15, -0.1) is 0 Å². The SMILES string of the molecule is O=C(NCc1ccc(N2CCCC2)cc1)N1CCC[C@H]1c1ccc(F)cc1. The molecule has 2 aliphatic rings. The van der Waals surface area contributed by atoms with Crippen molar-refractivity contribution in [2.75, 3.05) is 24.5 Å². The van der Waals surface area contributed by atoms with Gasteiger partial charge in [0.2, 0.25) is 0 Å². The number of nitrogens with zero attached hydrogens (tertiary/aromatic N) is 2. The summed E-state index contributed by atoms with van der Waals surface area (Å²) in [6.45, 7) is 3.53. The number of carbonyl (C=O) groups is 1. The lowest BCUT2D eigenvalue weighted by atomic mass is 10.0. The largest absolute Gasteiger partial charge is 0.372 e. The maximum Gasteiger partial charge on any atom is 0.318 e. The van der Waals surface area contributed by atoms with E-state index in [1.807, 2.05) is 4.90 Å². The molecule has 2 aliphatic heterocycles. The number of nitrogens with one attached hydrogen (secondary N) is 1. The van der Waals surface area contributed by atoms with Gasteiger partial charge in [0, 0.05) is 31.9 Å². The Balaban J connectivity index is 1.35. The number of carbonyl (C=O) groups excluding carboxylic acids is 1. The van der Waals surface area contributed by atoms with E-state index in [0.717, 1.165) is 43.6 Å². The molecule has 1 atom stereocenters. The van der Waals surface area contributed by atoms with Gasteiger partial charge in [0.05, 0.1) is 6.04 Å². The third-order valence-electron chi connectivity index (χ3n) is 5.62. The van der Waals surface area contributed by atoms with Crippen molar-refractivity contribution >= 4 is 11.7 Å². The summed E-state index contributed by atoms with van der Waals surface area (Å²) in [5, 5.41) is 3.04. The highest BCUT2D eigenvalue weighted by Crippen LogP contribution is 2.32. The monoisotopic (exact) mass is 367 g/mol. The number of halogens is 1. The van der Waals surface area contributed by atoms with E-state index in [-0.39, 0.29) is 17.9 Å². The maximum atomic E-state index is 13.2. The number of anilines is 1. The zero-order chi connectivity index (χ0) is 18.6. The van der Waals surface area contributed by atoms with Crippen LogP contribution in [0.5, 0.6) is 0 Å². The van der Waals surface area contributed by atoms with Gasteiger partial charge >= 0.3 is 6.03 Å². The summed E-state index contributed by atoms with van der Waals surface area (Å²) in [6.07, 6.45) is 4.43. The lowest BCUT2D eigenvalue weighted by molar-refractivity contribution is 0.192. The number of urea groups is 1. The highest BCUT2D eigenvalue weighted by atomic mass is 19.1. The average molecular weight is 367 g/mol. The second kappa shape index (κ2) is 7.99. The van der Waals surface area contributed by atoms with Crippen molar-refractivity contribution in [3.05, 3.63) is 65.5 Å². The van der Waals surface area contributed by atoms with Gasteiger partial charge in [-0.2, -0.15) is 0 Å². The van der Waals surface area contributed by atoms with Crippen LogP contribution in [0.15, 0.2) is 48.5 Å². The molecule has 2 saturated heterocycles. The second-order valence-corrected chi connectivity index (χ2v) is 7.42. The summed E-state index contributed by atoms with van der Waals surface area (Å²) >= 11 is 0. The molecule has 142 valence electrons. The van der Waals surface area contributed by atoms with Crippen LogP contribution < -0.4 is 10.2 Å². The summed E-state index contributed by atoms with van der Waals surface area (Å²) in [6, 6.07) is 14.9. The van der Waals surface area contributed by atoms with Crippen LogP contribution in [0.25, 0.3) is 0 Å². The third kappa shape index (κ3) is 4.07. The van der Waals surface area contributed by atoms with Crippen LogP contribution in [-0.2, 0) is 6.54 Å². The molecular weight excluding hydrogens is 341 g/mol. The van der Waals surface area contributed by atoms with Crippen LogP contribution in [0.3, 0.4) is 0 Å². The Morgan fingerprint density at radius 1 is 0.963 bits per heavy atom. The molecule has 4 nitrogen and oxygen atoms in total. The minimum absolute atomic E-state index is 0.0307. The van der Waals surface area contributed by atoms with Gasteiger partial charge in [-0.1, -0.05) is 24.3 Å². The van der Waals surface area contributed by atoms with Crippen LogP contribution in [-0.4, -0.2) is 30.6 Å². The lowest BCUT2D eigenvalue weighted by Gasteiger charge is -2.25. The normalized spacial score (nSPS) is 19.5. The highest BCUT2D eigenvalue weighted by molar-refractivity contribution is 5.75. The molecule has 2 aromatic rings. The molecule has 2 fully saturated rings. The fraction of sp³-hybridized carbons (Fsp3) is 0.409. The molecule has 0 spiro atoms. The zero-order valence-corrected chi connectivity index (χ0v) is 15.5. The quantitative estimate of drug-likeness (QED) is 0.865. The molecule has 4 rings (SSSR count). The molecule has 0 aromatic heterocycles.